The van der Waals surface area contributed by atoms with E-state index in [-0.39, 0.29) is 16.3 Å². The van der Waals surface area contributed by atoms with E-state index in [9.17, 15) is 13.2 Å². The molecule has 0 atom stereocenters. The molecule has 2 aromatic carbocycles. The molecule has 0 fully saturated rings. The van der Waals surface area contributed by atoms with Crippen LogP contribution in [0.2, 0.25) is 0 Å². The second-order valence-electron chi connectivity index (χ2n) is 7.06. The number of fused-ring (bicyclic) bond motifs is 3. The van der Waals surface area contributed by atoms with Gasteiger partial charge in [-0.1, -0.05) is 66.3 Å². The van der Waals surface area contributed by atoms with E-state index in [1.807, 2.05) is 18.2 Å². The van der Waals surface area contributed by atoms with Crippen LogP contribution in [-0.4, -0.2) is 9.53 Å². The van der Waals surface area contributed by atoms with Crippen LogP contribution in [0.15, 0.2) is 59.6 Å². The first-order valence-corrected chi connectivity index (χ1v) is 10.1. The van der Waals surface area contributed by atoms with Gasteiger partial charge in [-0.3, -0.25) is 0 Å². The molecule has 0 amide bonds. The molecule has 1 aliphatic carbocycles. The molecule has 2 aromatic heterocycles. The van der Waals surface area contributed by atoms with Crippen LogP contribution in [0.4, 0.5) is 13.2 Å². The summed E-state index contributed by atoms with van der Waals surface area (Å²) in [6, 6.07) is 14.3. The Kier molecular flexibility index (Phi) is 4.36. The van der Waals surface area contributed by atoms with Gasteiger partial charge in [-0.15, -0.1) is 0 Å². The molecule has 0 N–H and O–H groups in total. The predicted molar refractivity (Wildman–Crippen MR) is 111 cm³/mol. The molecule has 0 saturated carbocycles. The van der Waals surface area contributed by atoms with E-state index in [2.05, 4.69) is 16.1 Å². The van der Waals surface area contributed by atoms with Crippen LogP contribution in [0.3, 0.4) is 0 Å². The van der Waals surface area contributed by atoms with Gasteiger partial charge in [0.1, 0.15) is 16.1 Å². The maximum Gasteiger partial charge on any atom is 0.420 e. The molecule has 1 aliphatic rings. The van der Waals surface area contributed by atoms with E-state index in [0.717, 1.165) is 28.2 Å². The topological polar surface area (TPSA) is 38.9 Å². The van der Waals surface area contributed by atoms with Crippen LogP contribution in [0.25, 0.3) is 39.2 Å². The lowest BCUT2D eigenvalue weighted by molar-refractivity contribution is -0.136. The average molecular weight is 424 g/mol. The number of hydrogen-bond acceptors (Lipinski definition) is 4. The number of rotatable bonds is 3. The average Bonchev–Trinajstić information content (AvgIpc) is 3.38. The molecule has 0 radical (unpaired) electrons. The highest BCUT2D eigenvalue weighted by Gasteiger charge is 2.41. The minimum atomic E-state index is -4.57. The fourth-order valence-electron chi connectivity index (χ4n) is 3.87. The molecule has 30 heavy (non-hydrogen) atoms. The van der Waals surface area contributed by atoms with E-state index in [1.165, 1.54) is 0 Å². The Balaban J connectivity index is 1.68. The van der Waals surface area contributed by atoms with Gasteiger partial charge in [0.15, 0.2) is 5.76 Å². The maximum absolute atomic E-state index is 14.1. The number of benzene rings is 2. The van der Waals surface area contributed by atoms with Crippen molar-refractivity contribution in [2.24, 2.45) is 0 Å². The number of alkyl halides is 3. The van der Waals surface area contributed by atoms with Gasteiger partial charge in [-0.25, -0.2) is 0 Å². The Morgan fingerprint density at radius 1 is 1.03 bits per heavy atom. The molecule has 2 heterocycles. The van der Waals surface area contributed by atoms with Crippen molar-refractivity contribution in [2.75, 3.05) is 0 Å². The Hall–Kier alpha value is -3.19. The van der Waals surface area contributed by atoms with Gasteiger partial charge in [-0.2, -0.15) is 17.5 Å². The molecular formula is C23H15F3N2OS. The number of halogens is 3. The maximum atomic E-state index is 14.1. The van der Waals surface area contributed by atoms with Crippen molar-refractivity contribution in [3.8, 4) is 33.2 Å². The van der Waals surface area contributed by atoms with Crippen LogP contribution in [0.5, 0.6) is 0 Å². The third-order valence-corrected chi connectivity index (χ3v) is 6.13. The summed E-state index contributed by atoms with van der Waals surface area (Å²) in [6.45, 7) is 3.78. The lowest BCUT2D eigenvalue weighted by Crippen LogP contribution is -2.08. The summed E-state index contributed by atoms with van der Waals surface area (Å²) in [5.41, 5.74) is 3.83. The zero-order valence-corrected chi connectivity index (χ0v) is 16.5. The Morgan fingerprint density at radius 3 is 2.57 bits per heavy atom. The fourth-order valence-corrected chi connectivity index (χ4v) is 4.80. The lowest BCUT2D eigenvalue weighted by Gasteiger charge is -2.16. The van der Waals surface area contributed by atoms with Crippen molar-refractivity contribution in [1.82, 2.24) is 9.53 Å². The molecular weight excluding hydrogens is 409 g/mol. The first kappa shape index (κ1) is 18.8. The molecule has 0 aliphatic heterocycles. The number of nitrogens with zero attached hydrogens (tertiary/aromatic N) is 2. The van der Waals surface area contributed by atoms with E-state index in [0.29, 0.717) is 29.7 Å². The standard InChI is InChI=1S/C23H15F3N2OS/c1-2-13-8-10-16-15(12-13)9-11-17-20(16)27-29-21(17)22-18(23(24,25)26)19(28-30-22)14-6-4-3-5-7-14/h2-8,10,12H,1,9,11H2. The molecule has 0 spiro atoms. The largest absolute Gasteiger partial charge is 0.420 e. The molecule has 5 rings (SSSR count). The van der Waals surface area contributed by atoms with Crippen LogP contribution in [0, 0.1) is 0 Å². The minimum Gasteiger partial charge on any atom is -0.354 e. The summed E-state index contributed by atoms with van der Waals surface area (Å²) in [4.78, 5) is -0.0266. The lowest BCUT2D eigenvalue weighted by atomic mass is 9.87. The van der Waals surface area contributed by atoms with Crippen LogP contribution < -0.4 is 0 Å². The number of aromatic nitrogens is 2. The van der Waals surface area contributed by atoms with Crippen molar-refractivity contribution < 1.29 is 17.7 Å². The van der Waals surface area contributed by atoms with Crippen molar-refractivity contribution in [1.29, 1.82) is 0 Å². The summed E-state index contributed by atoms with van der Waals surface area (Å²) in [6.07, 6.45) is -1.55. The molecule has 3 nitrogen and oxygen atoms in total. The quantitative estimate of drug-likeness (QED) is 0.359. The summed E-state index contributed by atoms with van der Waals surface area (Å²) < 4.78 is 51.9. The highest BCUT2D eigenvalue weighted by atomic mass is 32.1. The minimum absolute atomic E-state index is 0.0266. The third kappa shape index (κ3) is 2.97. The summed E-state index contributed by atoms with van der Waals surface area (Å²) in [5.74, 6) is 0.162. The van der Waals surface area contributed by atoms with Crippen LogP contribution in [0.1, 0.15) is 22.3 Å². The smallest absolute Gasteiger partial charge is 0.354 e. The molecule has 150 valence electrons. The second kappa shape index (κ2) is 6.95. The Morgan fingerprint density at radius 2 is 1.83 bits per heavy atom. The van der Waals surface area contributed by atoms with E-state index >= 15 is 0 Å². The van der Waals surface area contributed by atoms with Gasteiger partial charge in [-0.05, 0) is 35.5 Å². The summed E-state index contributed by atoms with van der Waals surface area (Å²) in [7, 11) is 0. The van der Waals surface area contributed by atoms with E-state index in [1.54, 1.807) is 36.4 Å². The Bertz CT molecular complexity index is 1260. The Labute approximate surface area is 174 Å². The number of hydrogen-bond donors (Lipinski definition) is 0. The van der Waals surface area contributed by atoms with E-state index < -0.39 is 11.7 Å². The zero-order valence-electron chi connectivity index (χ0n) is 15.7. The van der Waals surface area contributed by atoms with Crippen LogP contribution >= 0.6 is 11.5 Å². The van der Waals surface area contributed by atoms with Crippen LogP contribution in [-0.2, 0) is 19.0 Å². The highest BCUT2D eigenvalue weighted by molar-refractivity contribution is 7.10. The van der Waals surface area contributed by atoms with Gasteiger partial charge < -0.3 is 4.52 Å². The van der Waals surface area contributed by atoms with Crippen molar-refractivity contribution in [3.63, 3.8) is 0 Å². The number of aryl methyl sites for hydroxylation is 1. The zero-order chi connectivity index (χ0) is 20.9. The SMILES string of the molecule is C=Cc1ccc2c(c1)CCc1c-2noc1-c1snc(-c2ccccc2)c1C(F)(F)F. The van der Waals surface area contributed by atoms with Gasteiger partial charge in [0, 0.05) is 16.7 Å². The first-order valence-electron chi connectivity index (χ1n) is 9.34. The van der Waals surface area contributed by atoms with Gasteiger partial charge in [0.2, 0.25) is 0 Å². The fraction of sp³-hybridized carbons (Fsp3) is 0.130. The summed E-state index contributed by atoms with van der Waals surface area (Å²) in [5, 5.41) is 4.15. The van der Waals surface area contributed by atoms with Gasteiger partial charge >= 0.3 is 6.18 Å². The predicted octanol–water partition coefficient (Wildman–Crippen LogP) is 6.89. The highest BCUT2D eigenvalue weighted by Crippen LogP contribution is 2.48. The molecule has 7 heteroatoms. The van der Waals surface area contributed by atoms with Crippen molar-refractivity contribution in [2.45, 2.75) is 19.0 Å². The second-order valence-corrected chi connectivity index (χ2v) is 7.83. The van der Waals surface area contributed by atoms with Gasteiger partial charge in [0.05, 0.1) is 5.69 Å². The normalized spacial score (nSPS) is 13.0. The molecule has 0 unspecified atom stereocenters. The first-order chi connectivity index (χ1) is 14.5. The van der Waals surface area contributed by atoms with E-state index in [4.69, 9.17) is 4.52 Å². The van der Waals surface area contributed by atoms with Crippen molar-refractivity contribution >= 4 is 17.6 Å². The monoisotopic (exact) mass is 424 g/mol. The molecule has 0 saturated heterocycles. The van der Waals surface area contributed by atoms with Gasteiger partial charge in [0.25, 0.3) is 0 Å². The molecule has 0 bridgehead atoms. The molecule has 4 aromatic rings. The third-order valence-electron chi connectivity index (χ3n) is 5.28. The summed E-state index contributed by atoms with van der Waals surface area (Å²) >= 11 is 0.799. The van der Waals surface area contributed by atoms with Crippen molar-refractivity contribution in [3.05, 3.63) is 77.4 Å².